The Morgan fingerprint density at radius 1 is 1.29 bits per heavy atom. The molecular formula is C19H26N4O. The molecule has 24 heavy (non-hydrogen) atoms. The molecule has 0 unspecified atom stereocenters. The molecule has 1 aliphatic carbocycles. The predicted molar refractivity (Wildman–Crippen MR) is 98.2 cm³/mol. The number of aromatic nitrogens is 1. The minimum absolute atomic E-state index is 0.0870. The molecule has 1 aliphatic rings. The van der Waals surface area contributed by atoms with Crippen LogP contribution in [0, 0.1) is 0 Å². The first kappa shape index (κ1) is 16.7. The molecule has 5 nitrogen and oxygen atoms in total. The van der Waals surface area contributed by atoms with Gasteiger partial charge in [0.15, 0.2) is 0 Å². The maximum atomic E-state index is 11.9. The highest BCUT2D eigenvalue weighted by atomic mass is 16.2. The number of amides is 1. The van der Waals surface area contributed by atoms with Crippen molar-refractivity contribution in [3.8, 4) is 0 Å². The molecule has 1 saturated carbocycles. The zero-order valence-electron chi connectivity index (χ0n) is 14.3. The van der Waals surface area contributed by atoms with E-state index in [2.05, 4.69) is 45.7 Å². The van der Waals surface area contributed by atoms with Crippen molar-refractivity contribution >= 4 is 23.0 Å². The first-order valence-corrected chi connectivity index (χ1v) is 8.91. The van der Waals surface area contributed by atoms with Crippen LogP contribution in [0.2, 0.25) is 0 Å². The number of benzene rings is 1. The van der Waals surface area contributed by atoms with Crippen LogP contribution in [0.1, 0.15) is 44.6 Å². The second-order valence-corrected chi connectivity index (χ2v) is 6.40. The van der Waals surface area contributed by atoms with Crippen molar-refractivity contribution in [3.05, 3.63) is 36.0 Å². The van der Waals surface area contributed by atoms with Gasteiger partial charge in [0.25, 0.3) is 5.91 Å². The normalized spacial score (nSPS) is 16.0. The Labute approximate surface area is 143 Å². The van der Waals surface area contributed by atoms with E-state index in [1.165, 1.54) is 37.6 Å². The Hall–Kier alpha value is -2.14. The monoisotopic (exact) mass is 326 g/mol. The van der Waals surface area contributed by atoms with Crippen molar-refractivity contribution in [2.75, 3.05) is 6.54 Å². The van der Waals surface area contributed by atoms with Crippen LogP contribution < -0.4 is 10.7 Å². The van der Waals surface area contributed by atoms with Gasteiger partial charge < -0.3 is 9.88 Å². The van der Waals surface area contributed by atoms with E-state index in [-0.39, 0.29) is 5.91 Å². The number of nitrogens with one attached hydrogen (secondary N) is 2. The van der Waals surface area contributed by atoms with Gasteiger partial charge in [-0.15, -0.1) is 0 Å². The van der Waals surface area contributed by atoms with Gasteiger partial charge in [-0.05, 0) is 25.8 Å². The number of para-hydroxylation sites is 1. The number of rotatable bonds is 6. The van der Waals surface area contributed by atoms with Gasteiger partial charge in [-0.2, -0.15) is 5.10 Å². The average Bonchev–Trinajstić information content (AvgIpc) is 2.99. The first-order valence-electron chi connectivity index (χ1n) is 8.91. The van der Waals surface area contributed by atoms with E-state index in [4.69, 9.17) is 0 Å². The summed E-state index contributed by atoms with van der Waals surface area (Å²) < 4.78 is 2.18. The lowest BCUT2D eigenvalue weighted by atomic mass is 9.95. The maximum absolute atomic E-state index is 11.9. The molecule has 3 rings (SSSR count). The summed E-state index contributed by atoms with van der Waals surface area (Å²) in [6.45, 7) is 3.36. The van der Waals surface area contributed by atoms with Gasteiger partial charge in [-0.25, -0.2) is 5.43 Å². The number of aryl methyl sites for hydroxylation is 1. The molecule has 5 heteroatoms. The molecule has 1 aromatic heterocycles. The van der Waals surface area contributed by atoms with Crippen LogP contribution in [0.15, 0.2) is 35.6 Å². The number of hydrogen-bond donors (Lipinski definition) is 2. The maximum Gasteiger partial charge on any atom is 0.254 e. The number of carbonyl (C=O) groups is 1. The average molecular weight is 326 g/mol. The molecule has 2 N–H and O–H groups in total. The van der Waals surface area contributed by atoms with Gasteiger partial charge >= 0.3 is 0 Å². The molecule has 2 aromatic rings. The fourth-order valence-electron chi connectivity index (χ4n) is 3.40. The van der Waals surface area contributed by atoms with Crippen LogP contribution in [0.25, 0.3) is 10.9 Å². The Morgan fingerprint density at radius 3 is 2.88 bits per heavy atom. The number of nitrogens with zero attached hydrogens (tertiary/aromatic N) is 2. The quantitative estimate of drug-likeness (QED) is 0.633. The summed E-state index contributed by atoms with van der Waals surface area (Å²) in [5, 5.41) is 8.60. The molecule has 1 heterocycles. The van der Waals surface area contributed by atoms with E-state index in [9.17, 15) is 4.79 Å². The van der Waals surface area contributed by atoms with Gasteiger partial charge in [0, 0.05) is 35.2 Å². The Morgan fingerprint density at radius 2 is 2.08 bits per heavy atom. The van der Waals surface area contributed by atoms with Crippen molar-refractivity contribution in [1.82, 2.24) is 15.3 Å². The molecular weight excluding hydrogens is 300 g/mol. The Kier molecular flexibility index (Phi) is 5.64. The lowest BCUT2D eigenvalue weighted by Gasteiger charge is -2.22. The number of carbonyl (C=O) groups excluding carboxylic acids is 1. The van der Waals surface area contributed by atoms with E-state index in [1.807, 2.05) is 12.1 Å². The smallest absolute Gasteiger partial charge is 0.254 e. The van der Waals surface area contributed by atoms with Crippen LogP contribution in [0.4, 0.5) is 0 Å². The molecule has 1 aromatic carbocycles. The van der Waals surface area contributed by atoms with Gasteiger partial charge in [0.1, 0.15) is 0 Å². The standard InChI is InChI=1S/C19H26N4O/c1-2-23-14-15(17-10-6-7-11-18(17)23)12-21-22-19(24)13-20-16-8-4-3-5-9-16/h6-7,10-12,14,16,20H,2-5,8-9,13H2,1H3,(H,22,24)/b21-12-. The summed E-state index contributed by atoms with van der Waals surface area (Å²) in [7, 11) is 0. The number of fused-ring (bicyclic) bond motifs is 1. The van der Waals surface area contributed by atoms with Crippen LogP contribution in [-0.2, 0) is 11.3 Å². The summed E-state index contributed by atoms with van der Waals surface area (Å²) in [6.07, 6.45) is 9.99. The fraction of sp³-hybridized carbons (Fsp3) is 0.474. The van der Waals surface area contributed by atoms with E-state index < -0.39 is 0 Å². The van der Waals surface area contributed by atoms with E-state index >= 15 is 0 Å². The van der Waals surface area contributed by atoms with E-state index in [0.717, 1.165) is 17.5 Å². The Balaban J connectivity index is 1.55. The Bertz CT molecular complexity index is 713. The van der Waals surface area contributed by atoms with Crippen LogP contribution in [0.3, 0.4) is 0 Å². The van der Waals surface area contributed by atoms with Crippen molar-refractivity contribution in [3.63, 3.8) is 0 Å². The van der Waals surface area contributed by atoms with Gasteiger partial charge in [-0.3, -0.25) is 4.79 Å². The van der Waals surface area contributed by atoms with Crippen molar-refractivity contribution < 1.29 is 4.79 Å². The number of hydrogen-bond acceptors (Lipinski definition) is 3. The highest BCUT2D eigenvalue weighted by Gasteiger charge is 2.13. The minimum atomic E-state index is -0.0870. The van der Waals surface area contributed by atoms with Crippen molar-refractivity contribution in [1.29, 1.82) is 0 Å². The molecule has 1 amide bonds. The van der Waals surface area contributed by atoms with E-state index in [1.54, 1.807) is 6.21 Å². The lowest BCUT2D eigenvalue weighted by Crippen LogP contribution is -2.38. The highest BCUT2D eigenvalue weighted by molar-refractivity contribution is 5.99. The summed E-state index contributed by atoms with van der Waals surface area (Å²) in [4.78, 5) is 11.9. The molecule has 0 saturated heterocycles. The zero-order valence-corrected chi connectivity index (χ0v) is 14.3. The summed E-state index contributed by atoms with van der Waals surface area (Å²) in [5.74, 6) is -0.0870. The SMILES string of the molecule is CCn1cc(/C=N\NC(=O)CNC2CCCCC2)c2ccccc21. The van der Waals surface area contributed by atoms with Crippen molar-refractivity contribution in [2.24, 2.45) is 5.10 Å². The third-order valence-electron chi connectivity index (χ3n) is 4.71. The lowest BCUT2D eigenvalue weighted by molar-refractivity contribution is -0.120. The largest absolute Gasteiger partial charge is 0.347 e. The third kappa shape index (κ3) is 4.03. The number of hydrazone groups is 1. The summed E-state index contributed by atoms with van der Waals surface area (Å²) in [5.41, 5.74) is 4.83. The zero-order chi connectivity index (χ0) is 16.8. The molecule has 0 aliphatic heterocycles. The predicted octanol–water partition coefficient (Wildman–Crippen LogP) is 3.03. The molecule has 0 bridgehead atoms. The van der Waals surface area contributed by atoms with Crippen LogP contribution in [-0.4, -0.2) is 29.3 Å². The highest BCUT2D eigenvalue weighted by Crippen LogP contribution is 2.19. The first-order chi connectivity index (χ1) is 11.8. The fourth-order valence-corrected chi connectivity index (χ4v) is 3.40. The molecule has 0 spiro atoms. The van der Waals surface area contributed by atoms with Gasteiger partial charge in [0.05, 0.1) is 12.8 Å². The van der Waals surface area contributed by atoms with Crippen LogP contribution >= 0.6 is 0 Å². The minimum Gasteiger partial charge on any atom is -0.347 e. The second kappa shape index (κ2) is 8.11. The van der Waals surface area contributed by atoms with Gasteiger partial charge in [0.2, 0.25) is 0 Å². The second-order valence-electron chi connectivity index (χ2n) is 6.40. The molecule has 1 fully saturated rings. The summed E-state index contributed by atoms with van der Waals surface area (Å²) in [6, 6.07) is 8.72. The summed E-state index contributed by atoms with van der Waals surface area (Å²) >= 11 is 0. The van der Waals surface area contributed by atoms with Crippen LogP contribution in [0.5, 0.6) is 0 Å². The molecule has 0 radical (unpaired) electrons. The van der Waals surface area contributed by atoms with E-state index in [0.29, 0.717) is 12.6 Å². The molecule has 0 atom stereocenters. The third-order valence-corrected chi connectivity index (χ3v) is 4.71. The van der Waals surface area contributed by atoms with Crippen molar-refractivity contribution in [2.45, 2.75) is 51.6 Å². The topological polar surface area (TPSA) is 58.4 Å². The van der Waals surface area contributed by atoms with Gasteiger partial charge in [-0.1, -0.05) is 37.5 Å². The molecule has 128 valence electrons.